The van der Waals surface area contributed by atoms with Gasteiger partial charge in [0.25, 0.3) is 0 Å². The van der Waals surface area contributed by atoms with Crippen molar-refractivity contribution in [3.8, 4) is 0 Å². The van der Waals surface area contributed by atoms with Gasteiger partial charge in [-0.25, -0.2) is 9.37 Å². The number of hydrogen-bond donors (Lipinski definition) is 1. The van der Waals surface area contributed by atoms with E-state index in [0.29, 0.717) is 0 Å². The van der Waals surface area contributed by atoms with Crippen molar-refractivity contribution < 1.29 is 27.5 Å². The number of pyridine rings is 1. The van der Waals surface area contributed by atoms with Gasteiger partial charge in [-0.05, 0) is 12.1 Å². The Kier molecular flexibility index (Phi) is 3.34. The zero-order chi connectivity index (χ0) is 14.2. The van der Waals surface area contributed by atoms with E-state index in [1.54, 1.807) is 0 Å². The van der Waals surface area contributed by atoms with E-state index in [4.69, 9.17) is 5.11 Å². The molecule has 2 rings (SSSR count). The van der Waals surface area contributed by atoms with Crippen LogP contribution in [-0.4, -0.2) is 35.3 Å². The molecule has 1 aliphatic heterocycles. The second kappa shape index (κ2) is 4.67. The smallest absolute Gasteiger partial charge is 0.394 e. The molecule has 1 saturated heterocycles. The Morgan fingerprint density at radius 2 is 2.11 bits per heavy atom. The van der Waals surface area contributed by atoms with Crippen LogP contribution >= 0.6 is 0 Å². The number of rotatable bonds is 2. The molecule has 0 unspecified atom stereocenters. The highest BCUT2D eigenvalue weighted by Crippen LogP contribution is 2.39. The molecule has 0 spiro atoms. The second-order valence-corrected chi connectivity index (χ2v) is 4.31. The van der Waals surface area contributed by atoms with E-state index < -0.39 is 42.9 Å². The Balaban J connectivity index is 2.28. The quantitative estimate of drug-likeness (QED) is 0.840. The van der Waals surface area contributed by atoms with Crippen molar-refractivity contribution in [3.63, 3.8) is 0 Å². The maximum atomic E-state index is 13.5. The monoisotopic (exact) mass is 278 g/mol. The van der Waals surface area contributed by atoms with Gasteiger partial charge in [0.1, 0.15) is 0 Å². The Morgan fingerprint density at radius 3 is 2.58 bits per heavy atom. The molecule has 2 atom stereocenters. The average molecular weight is 278 g/mol. The fourth-order valence-corrected chi connectivity index (χ4v) is 2.17. The number of alkyl halides is 3. The number of aromatic nitrogens is 1. The van der Waals surface area contributed by atoms with Crippen LogP contribution in [0.5, 0.6) is 0 Å². The zero-order valence-electron chi connectivity index (χ0n) is 9.56. The van der Waals surface area contributed by atoms with E-state index in [9.17, 15) is 22.4 Å². The molecule has 1 fully saturated rings. The van der Waals surface area contributed by atoms with Gasteiger partial charge >= 0.3 is 12.1 Å². The lowest BCUT2D eigenvalue weighted by molar-refractivity contribution is -0.187. The first-order chi connectivity index (χ1) is 8.80. The first kappa shape index (κ1) is 13.6. The minimum atomic E-state index is -4.64. The molecular formula is C11H10F4N2O2. The SMILES string of the molecule is O=C(O)[C@@H]1CN(c2ncccc2F)C[C@H]1C(F)(F)F. The number of anilines is 1. The van der Waals surface area contributed by atoms with Crippen molar-refractivity contribution in [1.29, 1.82) is 0 Å². The number of halogens is 4. The van der Waals surface area contributed by atoms with Crippen molar-refractivity contribution in [2.75, 3.05) is 18.0 Å². The first-order valence-electron chi connectivity index (χ1n) is 5.45. The van der Waals surface area contributed by atoms with E-state index in [0.717, 1.165) is 11.0 Å². The highest BCUT2D eigenvalue weighted by Gasteiger charge is 2.53. The highest BCUT2D eigenvalue weighted by atomic mass is 19.4. The molecule has 0 radical (unpaired) electrons. The minimum absolute atomic E-state index is 0.250. The van der Waals surface area contributed by atoms with Crippen LogP contribution in [0.3, 0.4) is 0 Å². The third kappa shape index (κ3) is 2.61. The number of carbonyl (C=O) groups is 1. The van der Waals surface area contributed by atoms with Crippen molar-refractivity contribution in [2.45, 2.75) is 6.18 Å². The fraction of sp³-hybridized carbons (Fsp3) is 0.455. The Labute approximate surface area is 105 Å². The van der Waals surface area contributed by atoms with E-state index in [-0.39, 0.29) is 5.82 Å². The van der Waals surface area contributed by atoms with Crippen LogP contribution in [-0.2, 0) is 4.79 Å². The average Bonchev–Trinajstić information content (AvgIpc) is 2.74. The molecule has 8 heteroatoms. The molecule has 0 saturated carbocycles. The van der Waals surface area contributed by atoms with Gasteiger partial charge in [0.2, 0.25) is 0 Å². The Hall–Kier alpha value is -1.86. The largest absolute Gasteiger partial charge is 0.481 e. The summed E-state index contributed by atoms with van der Waals surface area (Å²) < 4.78 is 51.7. The predicted octanol–water partition coefficient (Wildman–Crippen LogP) is 1.92. The van der Waals surface area contributed by atoms with Crippen LogP contribution in [0.2, 0.25) is 0 Å². The van der Waals surface area contributed by atoms with E-state index >= 15 is 0 Å². The number of aliphatic carboxylic acids is 1. The van der Waals surface area contributed by atoms with Crippen molar-refractivity contribution in [1.82, 2.24) is 4.98 Å². The van der Waals surface area contributed by atoms with Gasteiger partial charge in [-0.3, -0.25) is 4.79 Å². The molecule has 1 aliphatic rings. The molecule has 1 aromatic rings. The van der Waals surface area contributed by atoms with Gasteiger partial charge in [0, 0.05) is 19.3 Å². The molecule has 19 heavy (non-hydrogen) atoms. The maximum absolute atomic E-state index is 13.5. The van der Waals surface area contributed by atoms with Crippen molar-refractivity contribution in [3.05, 3.63) is 24.1 Å². The van der Waals surface area contributed by atoms with E-state index in [2.05, 4.69) is 4.98 Å². The maximum Gasteiger partial charge on any atom is 0.394 e. The first-order valence-corrected chi connectivity index (χ1v) is 5.45. The standard InChI is InChI=1S/C11H10F4N2O2/c12-8-2-1-3-16-9(8)17-4-6(10(18)19)7(5-17)11(13,14)15/h1-3,6-7H,4-5H2,(H,18,19)/t6-,7-/m1/s1. The molecule has 0 aromatic carbocycles. The second-order valence-electron chi connectivity index (χ2n) is 4.31. The van der Waals surface area contributed by atoms with Crippen LogP contribution in [0.1, 0.15) is 0 Å². The summed E-state index contributed by atoms with van der Waals surface area (Å²) in [6.07, 6.45) is -3.39. The number of carboxylic acid groups (broad SMARTS) is 1. The topological polar surface area (TPSA) is 53.4 Å². The van der Waals surface area contributed by atoms with Crippen molar-refractivity contribution >= 4 is 11.8 Å². The van der Waals surface area contributed by atoms with Crippen molar-refractivity contribution in [2.24, 2.45) is 11.8 Å². The molecule has 0 bridgehead atoms. The van der Waals surface area contributed by atoms with Crippen LogP contribution < -0.4 is 4.90 Å². The third-order valence-corrected chi connectivity index (χ3v) is 3.10. The van der Waals surface area contributed by atoms with Gasteiger partial charge in [0.05, 0.1) is 11.8 Å². The van der Waals surface area contributed by atoms with Gasteiger partial charge in [0.15, 0.2) is 11.6 Å². The normalized spacial score (nSPS) is 23.7. The molecule has 104 valence electrons. The summed E-state index contributed by atoms with van der Waals surface area (Å²) in [6, 6.07) is 2.38. The Bertz CT molecular complexity index is 492. The van der Waals surface area contributed by atoms with Gasteiger partial charge in [-0.15, -0.1) is 0 Å². The van der Waals surface area contributed by atoms with Crippen LogP contribution in [0.4, 0.5) is 23.4 Å². The van der Waals surface area contributed by atoms with Crippen LogP contribution in [0.25, 0.3) is 0 Å². The summed E-state index contributed by atoms with van der Waals surface area (Å²) in [5.41, 5.74) is 0. The Morgan fingerprint density at radius 1 is 1.42 bits per heavy atom. The fourth-order valence-electron chi connectivity index (χ4n) is 2.17. The summed E-state index contributed by atoms with van der Waals surface area (Å²) in [5.74, 6) is -6.19. The molecule has 0 amide bonds. The molecule has 2 heterocycles. The number of nitrogens with zero attached hydrogens (tertiary/aromatic N) is 2. The summed E-state index contributed by atoms with van der Waals surface area (Å²) in [7, 11) is 0. The highest BCUT2D eigenvalue weighted by molar-refractivity contribution is 5.72. The molecular weight excluding hydrogens is 268 g/mol. The summed E-state index contributed by atoms with van der Waals surface area (Å²) in [4.78, 5) is 15.6. The lowest BCUT2D eigenvalue weighted by Gasteiger charge is -2.19. The lowest BCUT2D eigenvalue weighted by atomic mass is 9.96. The van der Waals surface area contributed by atoms with Crippen LogP contribution in [0, 0.1) is 17.7 Å². The third-order valence-electron chi connectivity index (χ3n) is 3.10. The summed E-state index contributed by atoms with van der Waals surface area (Å²) in [6.45, 7) is -1.01. The molecule has 1 aromatic heterocycles. The summed E-state index contributed by atoms with van der Waals surface area (Å²) >= 11 is 0. The van der Waals surface area contributed by atoms with Gasteiger partial charge in [-0.1, -0.05) is 0 Å². The molecule has 0 aliphatic carbocycles. The molecule has 1 N–H and O–H groups in total. The predicted molar refractivity (Wildman–Crippen MR) is 57.1 cm³/mol. The van der Waals surface area contributed by atoms with Gasteiger partial charge in [-0.2, -0.15) is 13.2 Å². The molecule has 4 nitrogen and oxygen atoms in total. The zero-order valence-corrected chi connectivity index (χ0v) is 9.56. The summed E-state index contributed by atoms with van der Waals surface area (Å²) in [5, 5.41) is 8.84. The van der Waals surface area contributed by atoms with E-state index in [1.165, 1.54) is 12.3 Å². The van der Waals surface area contributed by atoms with Gasteiger partial charge < -0.3 is 10.0 Å². The number of hydrogen-bond acceptors (Lipinski definition) is 3. The lowest BCUT2D eigenvalue weighted by Crippen LogP contribution is -2.33. The minimum Gasteiger partial charge on any atom is -0.481 e. The number of carboxylic acids is 1. The van der Waals surface area contributed by atoms with E-state index in [1.807, 2.05) is 0 Å². The van der Waals surface area contributed by atoms with Crippen LogP contribution in [0.15, 0.2) is 18.3 Å².